The molecule has 2 N–H and O–H groups in total. The Morgan fingerprint density at radius 3 is 2.79 bits per heavy atom. The molecule has 0 amide bonds. The van der Waals surface area contributed by atoms with Crippen molar-refractivity contribution in [3.05, 3.63) is 35.2 Å². The highest BCUT2D eigenvalue weighted by atomic mass is 127. The van der Waals surface area contributed by atoms with E-state index in [-0.39, 0.29) is 24.0 Å². The van der Waals surface area contributed by atoms with Crippen molar-refractivity contribution in [2.45, 2.75) is 45.7 Å². The van der Waals surface area contributed by atoms with E-state index in [4.69, 9.17) is 16.1 Å². The minimum Gasteiger partial charge on any atom is -0.357 e. The van der Waals surface area contributed by atoms with Crippen LogP contribution in [0.3, 0.4) is 0 Å². The number of rotatable bonds is 7. The number of likely N-dealkylation sites (tertiary alicyclic amines) is 1. The third-order valence-corrected chi connectivity index (χ3v) is 4.97. The number of hydrogen-bond donors (Lipinski definition) is 2. The molecule has 7 nitrogen and oxygen atoms in total. The summed E-state index contributed by atoms with van der Waals surface area (Å²) in [6, 6.07) is 7.84. The zero-order valence-electron chi connectivity index (χ0n) is 17.0. The van der Waals surface area contributed by atoms with Crippen molar-refractivity contribution >= 4 is 41.5 Å². The van der Waals surface area contributed by atoms with Crippen LogP contribution in [0, 0.1) is 0 Å². The lowest BCUT2D eigenvalue weighted by atomic mass is 10.1. The summed E-state index contributed by atoms with van der Waals surface area (Å²) in [6.45, 7) is 8.89. The maximum Gasteiger partial charge on any atom is 0.248 e. The van der Waals surface area contributed by atoms with Crippen LogP contribution in [0.4, 0.5) is 0 Å². The van der Waals surface area contributed by atoms with Crippen LogP contribution in [0.25, 0.3) is 11.4 Å². The lowest BCUT2D eigenvalue weighted by Gasteiger charge is -2.32. The van der Waals surface area contributed by atoms with Gasteiger partial charge in [0.25, 0.3) is 0 Å². The molecule has 1 aromatic heterocycles. The quantitative estimate of drug-likeness (QED) is 0.320. The van der Waals surface area contributed by atoms with E-state index in [0.29, 0.717) is 29.3 Å². The Morgan fingerprint density at radius 2 is 2.10 bits per heavy atom. The highest BCUT2D eigenvalue weighted by molar-refractivity contribution is 14.0. The SMILES string of the molecule is CCCN1CCC(NC(=NCc2nc(-c3cccc(Cl)c3)no2)NCC)CC1.I. The van der Waals surface area contributed by atoms with Gasteiger partial charge >= 0.3 is 0 Å². The fraction of sp³-hybridized carbons (Fsp3) is 0.550. The number of piperidine rings is 1. The molecule has 2 heterocycles. The first-order valence-corrected chi connectivity index (χ1v) is 10.4. The molecule has 2 aromatic rings. The molecule has 0 saturated carbocycles. The fourth-order valence-corrected chi connectivity index (χ4v) is 3.53. The topological polar surface area (TPSA) is 78.6 Å². The van der Waals surface area contributed by atoms with Gasteiger partial charge in [-0.15, -0.1) is 24.0 Å². The molecule has 29 heavy (non-hydrogen) atoms. The molecule has 0 atom stereocenters. The van der Waals surface area contributed by atoms with Gasteiger partial charge in [-0.3, -0.25) is 0 Å². The predicted molar refractivity (Wildman–Crippen MR) is 128 cm³/mol. The van der Waals surface area contributed by atoms with E-state index in [2.05, 4.69) is 44.5 Å². The van der Waals surface area contributed by atoms with Crippen molar-refractivity contribution in [3.63, 3.8) is 0 Å². The van der Waals surface area contributed by atoms with Gasteiger partial charge in [-0.05, 0) is 44.9 Å². The smallest absolute Gasteiger partial charge is 0.248 e. The number of halogens is 2. The van der Waals surface area contributed by atoms with E-state index in [9.17, 15) is 0 Å². The van der Waals surface area contributed by atoms with E-state index in [1.54, 1.807) is 0 Å². The number of aliphatic imine (C=N–C) groups is 1. The maximum absolute atomic E-state index is 6.03. The maximum atomic E-state index is 6.03. The lowest BCUT2D eigenvalue weighted by molar-refractivity contribution is 0.206. The number of guanidine groups is 1. The summed E-state index contributed by atoms with van der Waals surface area (Å²) in [5, 5.41) is 11.5. The highest BCUT2D eigenvalue weighted by Gasteiger charge is 2.19. The molecule has 1 aliphatic heterocycles. The van der Waals surface area contributed by atoms with Gasteiger partial charge in [0.05, 0.1) is 0 Å². The van der Waals surface area contributed by atoms with E-state index >= 15 is 0 Å². The summed E-state index contributed by atoms with van der Waals surface area (Å²) >= 11 is 6.03. The van der Waals surface area contributed by atoms with Crippen LogP contribution in [-0.4, -0.2) is 53.2 Å². The van der Waals surface area contributed by atoms with E-state index < -0.39 is 0 Å². The van der Waals surface area contributed by atoms with Crippen LogP contribution in [0.15, 0.2) is 33.8 Å². The molecule has 0 unspecified atom stereocenters. The fourth-order valence-electron chi connectivity index (χ4n) is 3.34. The molecular weight excluding hydrogens is 503 g/mol. The van der Waals surface area contributed by atoms with Crippen molar-refractivity contribution in [2.24, 2.45) is 4.99 Å². The van der Waals surface area contributed by atoms with Crippen LogP contribution in [0.2, 0.25) is 5.02 Å². The van der Waals surface area contributed by atoms with Crippen molar-refractivity contribution < 1.29 is 4.52 Å². The molecule has 3 rings (SSSR count). The molecule has 0 bridgehead atoms. The van der Waals surface area contributed by atoms with Gasteiger partial charge in [-0.2, -0.15) is 4.98 Å². The van der Waals surface area contributed by atoms with Gasteiger partial charge in [-0.25, -0.2) is 4.99 Å². The van der Waals surface area contributed by atoms with Crippen molar-refractivity contribution in [3.8, 4) is 11.4 Å². The first-order chi connectivity index (χ1) is 13.7. The summed E-state index contributed by atoms with van der Waals surface area (Å²) in [7, 11) is 0. The summed E-state index contributed by atoms with van der Waals surface area (Å²) in [4.78, 5) is 11.6. The minimum atomic E-state index is 0. The Labute approximate surface area is 194 Å². The lowest BCUT2D eigenvalue weighted by Crippen LogP contribution is -2.48. The van der Waals surface area contributed by atoms with Crippen LogP contribution < -0.4 is 10.6 Å². The standard InChI is InChI=1S/C20H29ClN6O.HI/c1-3-10-27-11-8-17(9-12-27)24-20(22-4-2)23-14-18-25-19(26-28-18)15-6-5-7-16(21)13-15;/h5-7,13,17H,3-4,8-12,14H2,1-2H3,(H2,22,23,24);1H. The van der Waals surface area contributed by atoms with Gasteiger partial charge in [0.1, 0.15) is 6.54 Å². The van der Waals surface area contributed by atoms with Crippen LogP contribution in [-0.2, 0) is 6.54 Å². The number of hydrogen-bond acceptors (Lipinski definition) is 5. The molecule has 1 fully saturated rings. The number of benzene rings is 1. The summed E-state index contributed by atoms with van der Waals surface area (Å²) < 4.78 is 5.34. The molecule has 160 valence electrons. The molecule has 0 radical (unpaired) electrons. The van der Waals surface area contributed by atoms with Crippen molar-refractivity contribution in [1.82, 2.24) is 25.7 Å². The van der Waals surface area contributed by atoms with Crippen LogP contribution in [0.1, 0.15) is 39.0 Å². The van der Waals surface area contributed by atoms with Gasteiger partial charge in [0.15, 0.2) is 5.96 Å². The van der Waals surface area contributed by atoms with Gasteiger partial charge in [0, 0.05) is 36.3 Å². The Hall–Kier alpha value is -1.39. The van der Waals surface area contributed by atoms with Gasteiger partial charge in [0.2, 0.25) is 11.7 Å². The second-order valence-electron chi connectivity index (χ2n) is 6.98. The third-order valence-electron chi connectivity index (χ3n) is 4.74. The summed E-state index contributed by atoms with van der Waals surface area (Å²) in [6.07, 6.45) is 3.47. The average molecular weight is 533 g/mol. The number of nitrogens with zero attached hydrogens (tertiary/aromatic N) is 4. The molecule has 0 aliphatic carbocycles. The Morgan fingerprint density at radius 1 is 1.31 bits per heavy atom. The van der Waals surface area contributed by atoms with Crippen LogP contribution >= 0.6 is 35.6 Å². The molecule has 0 spiro atoms. The zero-order valence-corrected chi connectivity index (χ0v) is 20.1. The van der Waals surface area contributed by atoms with Gasteiger partial charge in [-0.1, -0.05) is 35.8 Å². The molecule has 1 saturated heterocycles. The monoisotopic (exact) mass is 532 g/mol. The normalized spacial score (nSPS) is 15.8. The van der Waals surface area contributed by atoms with Gasteiger partial charge < -0.3 is 20.1 Å². The molecule has 1 aromatic carbocycles. The van der Waals surface area contributed by atoms with E-state index in [0.717, 1.165) is 44.0 Å². The Balaban J connectivity index is 0.00000300. The summed E-state index contributed by atoms with van der Waals surface area (Å²) in [5.41, 5.74) is 0.829. The largest absolute Gasteiger partial charge is 0.357 e. The number of nitrogens with one attached hydrogen (secondary N) is 2. The van der Waals surface area contributed by atoms with Crippen molar-refractivity contribution in [2.75, 3.05) is 26.2 Å². The molecular formula is C20H30ClIN6O. The second kappa shape index (κ2) is 12.3. The number of aromatic nitrogens is 2. The third kappa shape index (κ3) is 7.42. The average Bonchev–Trinajstić information content (AvgIpc) is 3.17. The first-order valence-electron chi connectivity index (χ1n) is 10.0. The van der Waals surface area contributed by atoms with Crippen LogP contribution in [0.5, 0.6) is 0 Å². The first kappa shape index (κ1) is 23.9. The highest BCUT2D eigenvalue weighted by Crippen LogP contribution is 2.20. The van der Waals surface area contributed by atoms with E-state index in [1.807, 2.05) is 24.3 Å². The minimum absolute atomic E-state index is 0. The Kier molecular flexibility index (Phi) is 10.2. The Bertz CT molecular complexity index is 776. The van der Waals surface area contributed by atoms with E-state index in [1.165, 1.54) is 13.0 Å². The molecule has 1 aliphatic rings. The summed E-state index contributed by atoms with van der Waals surface area (Å²) in [5.74, 6) is 1.79. The zero-order chi connectivity index (χ0) is 19.8. The predicted octanol–water partition coefficient (Wildman–Crippen LogP) is 3.94. The molecule has 9 heteroatoms. The second-order valence-corrected chi connectivity index (χ2v) is 7.41. The van der Waals surface area contributed by atoms with Crippen molar-refractivity contribution in [1.29, 1.82) is 0 Å².